The van der Waals surface area contributed by atoms with Gasteiger partial charge in [0.05, 0.1) is 16.8 Å². The number of nitrogens with one attached hydrogen (secondary N) is 1. The molecule has 122 valence electrons. The van der Waals surface area contributed by atoms with Gasteiger partial charge < -0.3 is 0 Å². The van der Waals surface area contributed by atoms with Crippen molar-refractivity contribution in [1.29, 1.82) is 0 Å². The molecule has 0 saturated heterocycles. The lowest BCUT2D eigenvalue weighted by Crippen LogP contribution is -2.22. The first-order valence-corrected chi connectivity index (χ1v) is 7.90. The Kier molecular flexibility index (Phi) is 3.87. The van der Waals surface area contributed by atoms with Crippen molar-refractivity contribution in [2.75, 3.05) is 5.43 Å². The first-order valence-electron chi connectivity index (χ1n) is 7.52. The minimum atomic E-state index is -0.270. The average Bonchev–Trinajstić information content (AvgIpc) is 3.14. The van der Waals surface area contributed by atoms with Crippen LogP contribution in [-0.4, -0.2) is 25.8 Å². The largest absolute Gasteiger partial charge is 0.270 e. The fourth-order valence-electron chi connectivity index (χ4n) is 2.57. The molecule has 4 aromatic rings. The lowest BCUT2D eigenvalue weighted by atomic mass is 10.0. The standard InChI is InChI=1S/C18H12ClN5O/c19-13-7-5-12(6-8-13)17-9-15(14-3-1-2-4-16(14)22-17)18(25)23-24-10-20-21-11-24/h1-11H,(H,23,25). The normalized spacial score (nSPS) is 10.8. The number of halogens is 1. The van der Waals surface area contributed by atoms with E-state index in [9.17, 15) is 4.79 Å². The van der Waals surface area contributed by atoms with Crippen LogP contribution in [0.5, 0.6) is 0 Å². The molecule has 0 radical (unpaired) electrons. The van der Waals surface area contributed by atoms with Crippen molar-refractivity contribution in [2.24, 2.45) is 0 Å². The molecule has 2 heterocycles. The van der Waals surface area contributed by atoms with E-state index in [1.54, 1.807) is 18.2 Å². The predicted molar refractivity (Wildman–Crippen MR) is 95.9 cm³/mol. The Morgan fingerprint density at radius 1 is 1.00 bits per heavy atom. The number of nitrogens with zero attached hydrogens (tertiary/aromatic N) is 4. The highest BCUT2D eigenvalue weighted by molar-refractivity contribution is 6.30. The summed E-state index contributed by atoms with van der Waals surface area (Å²) in [5, 5.41) is 8.77. The molecule has 0 atom stereocenters. The summed E-state index contributed by atoms with van der Waals surface area (Å²) in [6, 6.07) is 16.6. The molecule has 0 unspecified atom stereocenters. The Morgan fingerprint density at radius 3 is 2.48 bits per heavy atom. The molecule has 25 heavy (non-hydrogen) atoms. The third-order valence-electron chi connectivity index (χ3n) is 3.75. The molecular formula is C18H12ClN5O. The second kappa shape index (κ2) is 6.33. The van der Waals surface area contributed by atoms with E-state index in [1.807, 2.05) is 36.4 Å². The number of aromatic nitrogens is 4. The molecule has 0 aliphatic heterocycles. The molecule has 2 aromatic heterocycles. The van der Waals surface area contributed by atoms with Crippen LogP contribution < -0.4 is 5.43 Å². The highest BCUT2D eigenvalue weighted by Gasteiger charge is 2.14. The van der Waals surface area contributed by atoms with Crippen LogP contribution in [0.4, 0.5) is 0 Å². The lowest BCUT2D eigenvalue weighted by molar-refractivity contribution is 0.101. The van der Waals surface area contributed by atoms with Gasteiger partial charge in [-0.1, -0.05) is 41.9 Å². The van der Waals surface area contributed by atoms with Crippen LogP contribution in [0.25, 0.3) is 22.2 Å². The van der Waals surface area contributed by atoms with Gasteiger partial charge in [0.25, 0.3) is 5.91 Å². The molecule has 0 aliphatic rings. The fourth-order valence-corrected chi connectivity index (χ4v) is 2.69. The highest BCUT2D eigenvalue weighted by atomic mass is 35.5. The van der Waals surface area contributed by atoms with E-state index < -0.39 is 0 Å². The van der Waals surface area contributed by atoms with Crippen molar-refractivity contribution in [3.8, 4) is 11.3 Å². The van der Waals surface area contributed by atoms with Crippen LogP contribution in [0.2, 0.25) is 5.02 Å². The number of pyridine rings is 1. The number of amides is 1. The van der Waals surface area contributed by atoms with Crippen molar-refractivity contribution in [3.05, 3.63) is 77.8 Å². The summed E-state index contributed by atoms with van der Waals surface area (Å²) in [6.07, 6.45) is 2.84. The van der Waals surface area contributed by atoms with E-state index in [0.29, 0.717) is 16.3 Å². The van der Waals surface area contributed by atoms with Gasteiger partial charge in [0.15, 0.2) is 0 Å². The van der Waals surface area contributed by atoms with Crippen LogP contribution >= 0.6 is 11.6 Å². The van der Waals surface area contributed by atoms with E-state index in [1.165, 1.54) is 17.3 Å². The van der Waals surface area contributed by atoms with Crippen LogP contribution in [0.3, 0.4) is 0 Å². The quantitative estimate of drug-likeness (QED) is 0.614. The lowest BCUT2D eigenvalue weighted by Gasteiger charge is -2.10. The monoisotopic (exact) mass is 349 g/mol. The molecule has 7 heteroatoms. The summed E-state index contributed by atoms with van der Waals surface area (Å²) in [4.78, 5) is 17.4. The number of rotatable bonds is 3. The Balaban J connectivity index is 1.84. The summed E-state index contributed by atoms with van der Waals surface area (Å²) in [5.74, 6) is -0.270. The molecule has 2 aromatic carbocycles. The summed E-state index contributed by atoms with van der Waals surface area (Å²) in [6.45, 7) is 0. The SMILES string of the molecule is O=C(Nn1cnnc1)c1cc(-c2ccc(Cl)cc2)nc2ccccc12. The zero-order valence-electron chi connectivity index (χ0n) is 12.9. The number of carbonyl (C=O) groups is 1. The smallest absolute Gasteiger partial charge is 0.267 e. The number of hydrogen-bond donors (Lipinski definition) is 1. The Bertz CT molecular complexity index is 1040. The molecule has 1 amide bonds. The Labute approximate surface area is 148 Å². The maximum atomic E-state index is 12.7. The average molecular weight is 350 g/mol. The van der Waals surface area contributed by atoms with Gasteiger partial charge in [0, 0.05) is 16.0 Å². The highest BCUT2D eigenvalue weighted by Crippen LogP contribution is 2.26. The van der Waals surface area contributed by atoms with Gasteiger partial charge in [-0.2, -0.15) is 0 Å². The van der Waals surface area contributed by atoms with Gasteiger partial charge in [0.2, 0.25) is 0 Å². The first kappa shape index (κ1) is 15.3. The van der Waals surface area contributed by atoms with Gasteiger partial charge >= 0.3 is 0 Å². The number of hydrogen-bond acceptors (Lipinski definition) is 4. The van der Waals surface area contributed by atoms with E-state index in [4.69, 9.17) is 11.6 Å². The van der Waals surface area contributed by atoms with Crippen molar-refractivity contribution < 1.29 is 4.79 Å². The molecule has 4 rings (SSSR count). The molecule has 0 aliphatic carbocycles. The van der Waals surface area contributed by atoms with Crippen LogP contribution in [-0.2, 0) is 0 Å². The second-order valence-electron chi connectivity index (χ2n) is 5.39. The fraction of sp³-hybridized carbons (Fsp3) is 0. The molecule has 6 nitrogen and oxygen atoms in total. The predicted octanol–water partition coefficient (Wildman–Crippen LogP) is 3.53. The van der Waals surface area contributed by atoms with Gasteiger partial charge in [0.1, 0.15) is 12.7 Å². The maximum Gasteiger partial charge on any atom is 0.270 e. The summed E-state index contributed by atoms with van der Waals surface area (Å²) >= 11 is 5.96. The molecule has 0 fully saturated rings. The van der Waals surface area contributed by atoms with Crippen molar-refractivity contribution in [1.82, 2.24) is 19.9 Å². The third kappa shape index (κ3) is 3.07. The Morgan fingerprint density at radius 2 is 1.72 bits per heavy atom. The summed E-state index contributed by atoms with van der Waals surface area (Å²) in [7, 11) is 0. The molecule has 1 N–H and O–H groups in total. The van der Waals surface area contributed by atoms with Gasteiger partial charge in [-0.25, -0.2) is 9.66 Å². The van der Waals surface area contributed by atoms with Crippen molar-refractivity contribution >= 4 is 28.4 Å². The number of fused-ring (bicyclic) bond motifs is 1. The second-order valence-corrected chi connectivity index (χ2v) is 5.83. The Hall–Kier alpha value is -3.25. The van der Waals surface area contributed by atoms with Gasteiger partial charge in [-0.15, -0.1) is 10.2 Å². The molecular weight excluding hydrogens is 338 g/mol. The minimum absolute atomic E-state index is 0.270. The zero-order valence-corrected chi connectivity index (χ0v) is 13.7. The molecule has 0 spiro atoms. The number of benzene rings is 2. The van der Waals surface area contributed by atoms with Gasteiger partial charge in [-0.05, 0) is 24.3 Å². The summed E-state index contributed by atoms with van der Waals surface area (Å²) < 4.78 is 1.40. The van der Waals surface area contributed by atoms with Crippen LogP contribution in [0, 0.1) is 0 Å². The topological polar surface area (TPSA) is 72.7 Å². The first-order chi connectivity index (χ1) is 12.2. The van der Waals surface area contributed by atoms with Crippen molar-refractivity contribution in [2.45, 2.75) is 0 Å². The molecule has 0 bridgehead atoms. The van der Waals surface area contributed by atoms with E-state index in [2.05, 4.69) is 20.6 Å². The van der Waals surface area contributed by atoms with Crippen LogP contribution in [0.15, 0.2) is 67.3 Å². The van der Waals surface area contributed by atoms with E-state index in [0.717, 1.165) is 16.5 Å². The number of carbonyl (C=O) groups excluding carboxylic acids is 1. The van der Waals surface area contributed by atoms with E-state index in [-0.39, 0.29) is 5.91 Å². The molecule has 0 saturated carbocycles. The number of para-hydroxylation sites is 1. The van der Waals surface area contributed by atoms with Crippen molar-refractivity contribution in [3.63, 3.8) is 0 Å². The van der Waals surface area contributed by atoms with E-state index >= 15 is 0 Å². The minimum Gasteiger partial charge on any atom is -0.267 e. The third-order valence-corrected chi connectivity index (χ3v) is 4.00. The summed E-state index contributed by atoms with van der Waals surface area (Å²) in [5.41, 5.74) is 5.56. The zero-order chi connectivity index (χ0) is 17.2. The van der Waals surface area contributed by atoms with Gasteiger partial charge in [-0.3, -0.25) is 10.2 Å². The maximum absolute atomic E-state index is 12.7. The van der Waals surface area contributed by atoms with Crippen LogP contribution in [0.1, 0.15) is 10.4 Å².